The van der Waals surface area contributed by atoms with Gasteiger partial charge in [-0.05, 0) is 55.0 Å². The van der Waals surface area contributed by atoms with Gasteiger partial charge in [-0.1, -0.05) is 82.6 Å². The van der Waals surface area contributed by atoms with Gasteiger partial charge in [0.05, 0.1) is 35.6 Å². The molecule has 1 amide bonds. The summed E-state index contributed by atoms with van der Waals surface area (Å²) >= 11 is 0. The van der Waals surface area contributed by atoms with Crippen LogP contribution in [-0.4, -0.2) is 105 Å². The first-order valence-electron chi connectivity index (χ1n) is 21.3. The third kappa shape index (κ3) is 8.08. The van der Waals surface area contributed by atoms with Crippen LogP contribution in [0.1, 0.15) is 109 Å². The van der Waals surface area contributed by atoms with Crippen LogP contribution in [-0.2, 0) is 47.7 Å². The van der Waals surface area contributed by atoms with Gasteiger partial charge >= 0.3 is 23.9 Å². The molecule has 6 rings (SSSR count). The number of esters is 4. The van der Waals surface area contributed by atoms with Gasteiger partial charge in [-0.3, -0.25) is 19.2 Å². The minimum Gasteiger partial charge on any atom is -0.456 e. The van der Waals surface area contributed by atoms with Crippen molar-refractivity contribution in [3.8, 4) is 0 Å². The Morgan fingerprint density at radius 1 is 0.935 bits per heavy atom. The lowest BCUT2D eigenvalue weighted by molar-refractivity contribution is -0.346. The van der Waals surface area contributed by atoms with E-state index in [2.05, 4.69) is 5.32 Å². The van der Waals surface area contributed by atoms with Gasteiger partial charge in [0.1, 0.15) is 23.9 Å². The van der Waals surface area contributed by atoms with Crippen LogP contribution in [0.2, 0.25) is 0 Å². The number of benzene rings is 2. The monoisotopic (exact) mass is 861 g/mol. The van der Waals surface area contributed by atoms with Crippen LogP contribution in [0.4, 0.5) is 0 Å². The number of aliphatic hydroxyl groups excluding tert-OH is 2. The summed E-state index contributed by atoms with van der Waals surface area (Å²) in [6.07, 6.45) is -8.78. The summed E-state index contributed by atoms with van der Waals surface area (Å²) in [4.78, 5) is 83.2. The van der Waals surface area contributed by atoms with Gasteiger partial charge in [-0.15, -0.1) is 0 Å². The van der Waals surface area contributed by atoms with Crippen LogP contribution in [0.5, 0.6) is 0 Å². The number of carbonyl (C=O) groups is 6. The number of aliphatic hydroxyl groups is 3. The van der Waals surface area contributed by atoms with Crippen molar-refractivity contribution >= 4 is 35.6 Å². The van der Waals surface area contributed by atoms with E-state index in [9.17, 15) is 39.3 Å². The molecule has 4 N–H and O–H groups in total. The number of ketones is 1. The fourth-order valence-corrected chi connectivity index (χ4v) is 10.2. The Bertz CT molecular complexity index is 2090. The maximum atomic E-state index is 15.5. The van der Waals surface area contributed by atoms with Crippen LogP contribution < -0.4 is 5.32 Å². The highest BCUT2D eigenvalue weighted by molar-refractivity contribution is 5.95. The fraction of sp³-hybridized carbons (Fsp3) is 0.574. The van der Waals surface area contributed by atoms with Crippen molar-refractivity contribution in [3.63, 3.8) is 0 Å². The minimum absolute atomic E-state index is 0.0119. The maximum Gasteiger partial charge on any atom is 0.338 e. The average Bonchev–Trinajstić information content (AvgIpc) is 3.22. The molecule has 1 heterocycles. The molecule has 0 spiro atoms. The quantitative estimate of drug-likeness (QED) is 0.126. The number of rotatable bonds is 13. The zero-order valence-electron chi connectivity index (χ0n) is 36.5. The molecule has 2 bridgehead atoms. The van der Waals surface area contributed by atoms with Crippen molar-refractivity contribution < 1.29 is 67.8 Å². The van der Waals surface area contributed by atoms with E-state index in [4.69, 9.17) is 23.7 Å². The number of fused-ring (bicyclic) bond motifs is 5. The number of Topliss-reactive ketones (excluding diaryl/α,β-unsaturated/α-hetero) is 1. The normalized spacial score (nSPS) is 32.5. The summed E-state index contributed by atoms with van der Waals surface area (Å²) in [6, 6.07) is 15.0. The van der Waals surface area contributed by atoms with E-state index in [-0.39, 0.29) is 42.1 Å². The van der Waals surface area contributed by atoms with Gasteiger partial charge in [0.15, 0.2) is 23.6 Å². The first-order chi connectivity index (χ1) is 29.1. The lowest BCUT2D eigenvalue weighted by Gasteiger charge is -2.67. The zero-order valence-corrected chi connectivity index (χ0v) is 36.5. The van der Waals surface area contributed by atoms with Gasteiger partial charge in [0.25, 0.3) is 0 Å². The number of amides is 1. The highest BCUT2D eigenvalue weighted by Gasteiger charge is 2.78. The maximum absolute atomic E-state index is 15.5. The average molecular weight is 862 g/mol. The highest BCUT2D eigenvalue weighted by Crippen LogP contribution is 2.64. The second-order valence-electron chi connectivity index (χ2n) is 18.1. The van der Waals surface area contributed by atoms with Crippen molar-refractivity contribution in [2.75, 3.05) is 6.61 Å². The topological polar surface area (TPSA) is 221 Å². The summed E-state index contributed by atoms with van der Waals surface area (Å²) in [5.74, 6) is -6.30. The zero-order chi connectivity index (χ0) is 45.5. The summed E-state index contributed by atoms with van der Waals surface area (Å²) in [5.41, 5.74) is -7.14. The number of ether oxygens (including phenoxy) is 5. The largest absolute Gasteiger partial charge is 0.456 e. The predicted molar refractivity (Wildman–Crippen MR) is 221 cm³/mol. The molecule has 15 nitrogen and oxygen atoms in total. The second-order valence-corrected chi connectivity index (χ2v) is 18.1. The van der Waals surface area contributed by atoms with Crippen molar-refractivity contribution in [1.29, 1.82) is 0 Å². The third-order valence-electron chi connectivity index (χ3n) is 14.0. The lowest BCUT2D eigenvalue weighted by Crippen LogP contribution is -2.82. The summed E-state index contributed by atoms with van der Waals surface area (Å²) < 4.78 is 30.3. The lowest BCUT2D eigenvalue weighted by atomic mass is 9.44. The van der Waals surface area contributed by atoms with Gasteiger partial charge in [0.2, 0.25) is 5.91 Å². The molecule has 336 valence electrons. The van der Waals surface area contributed by atoms with E-state index in [1.54, 1.807) is 62.4 Å². The Hall–Kier alpha value is -4.96. The molecule has 62 heavy (non-hydrogen) atoms. The van der Waals surface area contributed by atoms with E-state index < -0.39 is 113 Å². The van der Waals surface area contributed by atoms with Crippen LogP contribution in [0.15, 0.2) is 71.8 Å². The molecule has 12 atom stereocenters. The van der Waals surface area contributed by atoms with E-state index in [0.29, 0.717) is 12.0 Å². The summed E-state index contributed by atoms with van der Waals surface area (Å²) in [5, 5.41) is 40.3. The fourth-order valence-electron chi connectivity index (χ4n) is 10.2. The Labute approximate surface area is 361 Å². The second kappa shape index (κ2) is 17.7. The molecule has 15 heteroatoms. The SMILES string of the molecule is CCC(C)CCC(=O)N[C@@H](c1ccccc1)[C@@H](O)C(=O)O[C@H]1C[C@@]2(O)[C@@H](OC(=O)c3ccccc3)[C@@H]3[C@]4(OC(C)=O)CO[C@@H]4C[C@H](O)[C@@]3(C)C(=O)[C@H](OC(C)=O)C(=C1C)C2(C)C. The number of hydrogen-bond acceptors (Lipinski definition) is 14. The van der Waals surface area contributed by atoms with Gasteiger partial charge in [-0.2, -0.15) is 0 Å². The number of nitrogens with one attached hydrogen (secondary N) is 1. The molecule has 4 aliphatic rings. The predicted octanol–water partition coefficient (Wildman–Crippen LogP) is 4.25. The molecule has 2 aromatic carbocycles. The first-order valence-corrected chi connectivity index (χ1v) is 21.3. The standard InChI is InChI=1S/C47H59NO14/c1-9-25(2)20-21-34(52)48-36(29-16-12-10-13-17-29)37(53)43(56)60-31-23-47(57)41(61-42(55)30-18-14-11-15-19-30)39-45(8,32(51)22-33-46(39,24-58-33)62-28(5)50)40(54)38(59-27(4)49)35(26(31)3)44(47,6)7/h10-19,25,31-33,36-39,41,51,53,57H,9,20-24H2,1-8H3,(H,48,52)/t25?,31-,32-,33+,36-,37+,38+,39-,41-,45+,46-,47+/m0/s1. The molecule has 3 fully saturated rings. The number of carbonyl (C=O) groups excluding carboxylic acids is 6. The van der Waals surface area contributed by atoms with E-state index >= 15 is 4.79 Å². The molecule has 3 aliphatic carbocycles. The van der Waals surface area contributed by atoms with Crippen molar-refractivity contribution in [2.24, 2.45) is 22.7 Å². The van der Waals surface area contributed by atoms with Crippen LogP contribution in [0.25, 0.3) is 0 Å². The molecule has 0 aromatic heterocycles. The molecular formula is C47H59NO14. The molecule has 1 aliphatic heterocycles. The Balaban J connectivity index is 1.51. The third-order valence-corrected chi connectivity index (χ3v) is 14.0. The molecule has 2 saturated carbocycles. The molecule has 1 unspecified atom stereocenters. The Morgan fingerprint density at radius 3 is 2.13 bits per heavy atom. The van der Waals surface area contributed by atoms with Crippen molar-refractivity contribution in [1.82, 2.24) is 5.32 Å². The van der Waals surface area contributed by atoms with E-state index in [1.807, 2.05) is 13.8 Å². The number of hydrogen-bond donors (Lipinski definition) is 4. The molecule has 2 aromatic rings. The smallest absolute Gasteiger partial charge is 0.338 e. The van der Waals surface area contributed by atoms with Crippen molar-refractivity contribution in [3.05, 3.63) is 82.9 Å². The van der Waals surface area contributed by atoms with E-state index in [1.165, 1.54) is 26.0 Å². The van der Waals surface area contributed by atoms with Gasteiger partial charge < -0.3 is 44.3 Å². The minimum atomic E-state index is -2.37. The van der Waals surface area contributed by atoms with E-state index in [0.717, 1.165) is 20.3 Å². The summed E-state index contributed by atoms with van der Waals surface area (Å²) in [6.45, 7) is 12.1. The van der Waals surface area contributed by atoms with Crippen LogP contribution in [0, 0.1) is 22.7 Å². The Morgan fingerprint density at radius 2 is 1.56 bits per heavy atom. The van der Waals surface area contributed by atoms with Crippen LogP contribution in [0.3, 0.4) is 0 Å². The molecule has 1 saturated heterocycles. The van der Waals surface area contributed by atoms with Gasteiger partial charge in [-0.25, -0.2) is 9.59 Å². The Kier molecular flexibility index (Phi) is 13.3. The van der Waals surface area contributed by atoms with Gasteiger partial charge in [0, 0.05) is 38.5 Å². The summed E-state index contributed by atoms with van der Waals surface area (Å²) in [7, 11) is 0. The van der Waals surface area contributed by atoms with Crippen LogP contribution >= 0.6 is 0 Å². The molecule has 0 radical (unpaired) electrons. The molecular weight excluding hydrogens is 803 g/mol. The first kappa shape index (κ1) is 46.5. The highest BCUT2D eigenvalue weighted by atomic mass is 16.6. The van der Waals surface area contributed by atoms with Crippen molar-refractivity contribution in [2.45, 2.75) is 141 Å².